The quantitative estimate of drug-likeness (QED) is 0.106. The van der Waals surface area contributed by atoms with Crippen LogP contribution >= 0.6 is 11.3 Å². The first kappa shape index (κ1) is 39.0. The molecule has 5 heteroatoms. The van der Waals surface area contributed by atoms with E-state index in [9.17, 15) is 0 Å². The first-order valence-corrected chi connectivity index (χ1v) is 24.3. The van der Waals surface area contributed by atoms with Gasteiger partial charge in [-0.1, -0.05) is 156 Å². The van der Waals surface area contributed by atoms with Crippen LogP contribution in [-0.2, 0) is 26.5 Å². The second kappa shape index (κ2) is 18.6. The fourth-order valence-electron chi connectivity index (χ4n) is 7.32. The van der Waals surface area contributed by atoms with Crippen molar-refractivity contribution >= 4 is 44.8 Å². The molecule has 0 bridgehead atoms. The molecule has 0 unspecified atom stereocenters. The zero-order valence-electron chi connectivity index (χ0n) is 37.8. The molecule has 58 heavy (non-hydrogen) atoms. The maximum absolute atomic E-state index is 8.93. The Balaban J connectivity index is 0.000000201. The van der Waals surface area contributed by atoms with Gasteiger partial charge in [-0.05, 0) is 86.0 Å². The summed E-state index contributed by atoms with van der Waals surface area (Å²) >= 11 is 1.80. The smallest absolute Gasteiger partial charge is 0.0798 e. The average molecular weight is 974 g/mol. The largest absolute Gasteiger partial charge is 0.305 e. The van der Waals surface area contributed by atoms with Crippen molar-refractivity contribution in [3.8, 4) is 44.8 Å². The van der Waals surface area contributed by atoms with Crippen LogP contribution in [0.3, 0.4) is 0 Å². The number of pyridine rings is 2. The van der Waals surface area contributed by atoms with E-state index in [1.54, 1.807) is 11.3 Å². The van der Waals surface area contributed by atoms with Crippen molar-refractivity contribution in [2.45, 2.75) is 79.4 Å². The van der Waals surface area contributed by atoms with E-state index in [1.807, 2.05) is 87.8 Å². The van der Waals surface area contributed by atoms with E-state index in [0.29, 0.717) is 0 Å². The third kappa shape index (κ3) is 10.0. The van der Waals surface area contributed by atoms with E-state index in [2.05, 4.69) is 123 Å². The molecule has 2 nitrogen and oxygen atoms in total. The molecule has 5 aromatic carbocycles. The minimum atomic E-state index is -1.77. The molecule has 0 saturated heterocycles. The van der Waals surface area contributed by atoms with Gasteiger partial charge in [0.25, 0.3) is 0 Å². The van der Waals surface area contributed by atoms with Gasteiger partial charge in [0.15, 0.2) is 0 Å². The van der Waals surface area contributed by atoms with Crippen molar-refractivity contribution in [1.29, 1.82) is 0 Å². The number of nitrogens with zero attached hydrogens (tertiary/aromatic N) is 2. The minimum Gasteiger partial charge on any atom is -0.305 e. The van der Waals surface area contributed by atoms with Crippen molar-refractivity contribution in [2.24, 2.45) is 5.41 Å². The first-order chi connectivity index (χ1) is 28.5. The van der Waals surface area contributed by atoms with E-state index in [4.69, 9.17) is 9.10 Å². The van der Waals surface area contributed by atoms with E-state index in [0.717, 1.165) is 62.8 Å². The number of fused-ring (bicyclic) bond motifs is 3. The number of hydrogen-bond donors (Lipinski definition) is 0. The molecule has 3 aromatic heterocycles. The van der Waals surface area contributed by atoms with Gasteiger partial charge in [-0.25, -0.2) is 0 Å². The number of thiophene rings is 1. The van der Waals surface area contributed by atoms with Gasteiger partial charge in [0.05, 0.1) is 8.07 Å². The maximum Gasteiger partial charge on any atom is 0.0798 e. The molecule has 8 rings (SSSR count). The van der Waals surface area contributed by atoms with E-state index < -0.39 is 25.8 Å². The predicted octanol–water partition coefficient (Wildman–Crippen LogP) is 14.8. The Bertz CT molecular complexity index is 2750. The predicted molar refractivity (Wildman–Crippen MR) is 250 cm³/mol. The number of aromatic nitrogens is 2. The zero-order valence-corrected chi connectivity index (χ0v) is 39.0. The minimum absolute atomic E-state index is 0. The van der Waals surface area contributed by atoms with Crippen LogP contribution in [0.4, 0.5) is 0 Å². The summed E-state index contributed by atoms with van der Waals surface area (Å²) < 4.78 is 29.2. The van der Waals surface area contributed by atoms with Gasteiger partial charge in [0.1, 0.15) is 0 Å². The Morgan fingerprint density at radius 1 is 0.707 bits per heavy atom. The third-order valence-electron chi connectivity index (χ3n) is 10.2. The summed E-state index contributed by atoms with van der Waals surface area (Å²) in [7, 11) is -1.77. The fourth-order valence-corrected chi connectivity index (χ4v) is 9.96. The molecule has 0 amide bonds. The summed E-state index contributed by atoms with van der Waals surface area (Å²) in [6.45, 7) is 16.8. The van der Waals surface area contributed by atoms with Crippen LogP contribution in [0.2, 0.25) is 19.6 Å². The monoisotopic (exact) mass is 974 g/mol. The molecular formula is C53H54IrN2SSi-2. The summed E-state index contributed by atoms with van der Waals surface area (Å²) in [6.07, 6.45) is 3.85. The maximum atomic E-state index is 8.93. The Morgan fingerprint density at radius 2 is 1.36 bits per heavy atom. The molecule has 0 aliphatic carbocycles. The summed E-state index contributed by atoms with van der Waals surface area (Å²) in [5, 5.41) is 3.59. The Labute approximate surface area is 369 Å². The SMILES string of the molecule is [2H]C(CC)(CC)c1ccnc(-c2[c-]ccc3c2sc2cc(-c4ccccc4)ccc23)c1.[2H]C([2H])(c1cc(-c2[c-]ccc(-c3ccccc3)c2)ncc1[Si](C)(C)C)C(C)(C)C.[Ir]. The zero-order chi connectivity index (χ0) is 42.9. The molecular weight excluding hydrogens is 917 g/mol. The number of rotatable bonds is 9. The summed E-state index contributed by atoms with van der Waals surface area (Å²) in [5.74, 6) is -0.573. The molecule has 0 atom stereocenters. The summed E-state index contributed by atoms with van der Waals surface area (Å²) in [5.41, 5.74) is 9.58. The van der Waals surface area contributed by atoms with Crippen molar-refractivity contribution in [2.75, 3.05) is 0 Å². The molecule has 0 fully saturated rings. The molecule has 3 heterocycles. The molecule has 0 spiro atoms. The first-order valence-electron chi connectivity index (χ1n) is 21.5. The molecule has 0 saturated carbocycles. The second-order valence-corrected chi connectivity index (χ2v) is 22.7. The Morgan fingerprint density at radius 3 is 2.00 bits per heavy atom. The molecule has 0 aliphatic heterocycles. The fraction of sp³-hybridized carbons (Fsp3) is 0.245. The van der Waals surface area contributed by atoms with Gasteiger partial charge >= 0.3 is 0 Å². The Kier molecular flexibility index (Phi) is 12.5. The van der Waals surface area contributed by atoms with Crippen LogP contribution in [0.15, 0.2) is 140 Å². The van der Waals surface area contributed by atoms with Crippen LogP contribution in [0.25, 0.3) is 64.9 Å². The van der Waals surface area contributed by atoms with Crippen molar-refractivity contribution < 1.29 is 24.2 Å². The molecule has 1 radical (unpaired) electrons. The molecule has 0 N–H and O–H groups in total. The van der Waals surface area contributed by atoms with Crippen molar-refractivity contribution in [3.63, 3.8) is 0 Å². The van der Waals surface area contributed by atoms with Gasteiger partial charge in [-0.2, -0.15) is 11.3 Å². The van der Waals surface area contributed by atoms with Crippen LogP contribution in [0.1, 0.15) is 68.6 Å². The molecule has 297 valence electrons. The average Bonchev–Trinajstić information content (AvgIpc) is 3.64. The normalized spacial score (nSPS) is 12.9. The Hall–Kier alpha value is -4.51. The van der Waals surface area contributed by atoms with Crippen LogP contribution < -0.4 is 5.19 Å². The number of hydrogen-bond acceptors (Lipinski definition) is 3. The second-order valence-electron chi connectivity index (χ2n) is 16.6. The van der Waals surface area contributed by atoms with Gasteiger partial charge in [-0.15, -0.1) is 59.2 Å². The molecule has 0 aliphatic rings. The number of benzene rings is 5. The van der Waals surface area contributed by atoms with E-state index in [1.165, 1.54) is 31.3 Å². The van der Waals surface area contributed by atoms with Crippen LogP contribution in [-0.4, -0.2) is 18.0 Å². The van der Waals surface area contributed by atoms with Gasteiger partial charge in [0, 0.05) is 41.3 Å². The standard InChI is InChI=1S/C28H24NS.C25H30NSi.Ir/c1-3-19(4-2)22-15-16-29-26(17-22)25-12-8-11-24-23-14-13-21(18-27(23)30-28(24)25)20-9-6-5-7-10-20;1-25(2,3)17-22-16-23(26-18-24(22)27(4,5)6)21-14-10-13-20(15-21)19-11-8-7-9-12-19;/h5-11,13-19H,3-4H2,1-2H3;7-13,15-16,18H,17H2,1-6H3;/q2*-1;/i19D;17D2;. The topological polar surface area (TPSA) is 25.8 Å². The van der Waals surface area contributed by atoms with E-state index in [-0.39, 0.29) is 20.1 Å². The van der Waals surface area contributed by atoms with E-state index >= 15 is 0 Å². The van der Waals surface area contributed by atoms with Gasteiger partial charge in [0.2, 0.25) is 0 Å². The van der Waals surface area contributed by atoms with Crippen LogP contribution in [0, 0.1) is 17.5 Å². The van der Waals surface area contributed by atoms with Crippen molar-refractivity contribution in [3.05, 3.63) is 163 Å². The summed E-state index contributed by atoms with van der Waals surface area (Å²) in [6, 6.07) is 50.4. The molecule has 8 aromatic rings. The van der Waals surface area contributed by atoms with Gasteiger partial charge < -0.3 is 9.97 Å². The van der Waals surface area contributed by atoms with Gasteiger partial charge in [-0.3, -0.25) is 0 Å². The van der Waals surface area contributed by atoms with Crippen LogP contribution in [0.5, 0.6) is 0 Å². The third-order valence-corrected chi connectivity index (χ3v) is 13.4. The summed E-state index contributed by atoms with van der Waals surface area (Å²) in [4.78, 5) is 9.41. The van der Waals surface area contributed by atoms with Crippen molar-refractivity contribution in [1.82, 2.24) is 9.97 Å².